The molecule has 0 fully saturated rings. The molecule has 9 heteroatoms. The lowest BCUT2D eigenvalue weighted by molar-refractivity contribution is 0.102. The monoisotopic (exact) mass is 469 g/mol. The highest BCUT2D eigenvalue weighted by Gasteiger charge is 2.17. The Balaban J connectivity index is 1.85. The van der Waals surface area contributed by atoms with Gasteiger partial charge in [0.1, 0.15) is 11.5 Å². The zero-order valence-corrected chi connectivity index (χ0v) is 19.1. The molecule has 32 heavy (non-hydrogen) atoms. The van der Waals surface area contributed by atoms with Gasteiger partial charge >= 0.3 is 0 Å². The smallest absolute Gasteiger partial charge is 0.255 e. The van der Waals surface area contributed by atoms with Gasteiger partial charge in [0.05, 0.1) is 22.2 Å². The number of primary sulfonamides is 1. The maximum atomic E-state index is 12.8. The van der Waals surface area contributed by atoms with Crippen molar-refractivity contribution in [3.8, 4) is 11.5 Å². The summed E-state index contributed by atoms with van der Waals surface area (Å²) in [4.78, 5) is 16.1. The molecule has 3 N–H and O–H groups in total. The van der Waals surface area contributed by atoms with Gasteiger partial charge in [0, 0.05) is 5.56 Å². The third-order valence-corrected chi connectivity index (χ3v) is 6.23. The number of benzene rings is 3. The van der Waals surface area contributed by atoms with E-state index in [9.17, 15) is 13.2 Å². The molecule has 7 nitrogen and oxygen atoms in total. The van der Waals surface area contributed by atoms with Crippen molar-refractivity contribution in [1.29, 1.82) is 0 Å². The zero-order chi connectivity index (χ0) is 23.6. The predicted molar refractivity (Wildman–Crippen MR) is 124 cm³/mol. The van der Waals surface area contributed by atoms with Crippen molar-refractivity contribution in [2.45, 2.75) is 25.7 Å². The van der Waals surface area contributed by atoms with Crippen LogP contribution in [0.2, 0.25) is 5.02 Å². The Morgan fingerprint density at radius 2 is 1.72 bits per heavy atom. The Hall–Kier alpha value is -3.38. The average Bonchev–Trinajstić information content (AvgIpc) is 2.73. The van der Waals surface area contributed by atoms with E-state index in [1.807, 2.05) is 13.8 Å². The highest BCUT2D eigenvalue weighted by molar-refractivity contribution is 7.89. The first-order valence-corrected chi connectivity index (χ1v) is 11.3. The van der Waals surface area contributed by atoms with Gasteiger partial charge in [-0.2, -0.15) is 0 Å². The molecule has 0 aliphatic heterocycles. The number of carbonyl (C=O) groups is 1. The van der Waals surface area contributed by atoms with Gasteiger partial charge in [0.25, 0.3) is 5.91 Å². The van der Waals surface area contributed by atoms with E-state index in [2.05, 4.69) is 10.2 Å². The zero-order valence-electron chi connectivity index (χ0n) is 17.6. The second-order valence-corrected chi connectivity index (χ2v) is 9.13. The second-order valence-electron chi connectivity index (χ2n) is 7.17. The van der Waals surface area contributed by atoms with Gasteiger partial charge in [-0.3, -0.25) is 4.79 Å². The standard InChI is InChI=1S/C23H20ClN3O4S/c1-13-11-16(26-4)5-9-21(13)31-22-10-7-18(14(2)15(22)3)23(28)27-20-8-6-17(12-19(20)24)32(25,29)30/h5-12H,1-3H3,(H,27,28)(H2,25,29,30). The third kappa shape index (κ3) is 4.92. The van der Waals surface area contributed by atoms with Crippen molar-refractivity contribution in [2.24, 2.45) is 5.14 Å². The van der Waals surface area contributed by atoms with Crippen molar-refractivity contribution in [3.05, 3.63) is 87.2 Å². The molecule has 164 valence electrons. The van der Waals surface area contributed by atoms with E-state index >= 15 is 0 Å². The first kappa shape index (κ1) is 23.3. The van der Waals surface area contributed by atoms with E-state index < -0.39 is 15.9 Å². The molecule has 0 heterocycles. The van der Waals surface area contributed by atoms with Crippen molar-refractivity contribution in [3.63, 3.8) is 0 Å². The molecule has 3 aromatic carbocycles. The summed E-state index contributed by atoms with van der Waals surface area (Å²) in [7, 11) is -3.90. The Bertz CT molecular complexity index is 1380. The summed E-state index contributed by atoms with van der Waals surface area (Å²) >= 11 is 6.12. The molecule has 0 unspecified atom stereocenters. The maximum Gasteiger partial charge on any atom is 0.255 e. The molecule has 0 aromatic heterocycles. The molecular formula is C23H20ClN3O4S. The number of nitrogens with two attached hydrogens (primary N) is 1. The summed E-state index contributed by atoms with van der Waals surface area (Å²) in [6.45, 7) is 12.6. The Kier molecular flexibility index (Phi) is 6.55. The second kappa shape index (κ2) is 9.01. The molecule has 0 aliphatic rings. The van der Waals surface area contributed by atoms with Crippen LogP contribution in [-0.4, -0.2) is 14.3 Å². The van der Waals surface area contributed by atoms with Crippen LogP contribution in [0.3, 0.4) is 0 Å². The van der Waals surface area contributed by atoms with Gasteiger partial charge < -0.3 is 10.1 Å². The molecule has 3 aromatic rings. The van der Waals surface area contributed by atoms with Crippen LogP contribution in [0.5, 0.6) is 11.5 Å². The van der Waals surface area contributed by atoms with Crippen LogP contribution in [-0.2, 0) is 10.0 Å². The lowest BCUT2D eigenvalue weighted by Gasteiger charge is -2.16. The number of ether oxygens (including phenoxy) is 1. The quantitative estimate of drug-likeness (QED) is 0.481. The molecule has 0 radical (unpaired) electrons. The molecule has 0 saturated heterocycles. The van der Waals surface area contributed by atoms with E-state index in [0.29, 0.717) is 28.3 Å². The van der Waals surface area contributed by atoms with E-state index in [1.165, 1.54) is 18.2 Å². The first-order chi connectivity index (χ1) is 15.0. The number of hydrogen-bond donors (Lipinski definition) is 2. The number of aryl methyl sites for hydroxylation is 1. The molecule has 0 bridgehead atoms. The lowest BCUT2D eigenvalue weighted by Crippen LogP contribution is -2.15. The fourth-order valence-corrected chi connectivity index (χ4v) is 3.88. The van der Waals surface area contributed by atoms with Crippen LogP contribution in [0.1, 0.15) is 27.0 Å². The van der Waals surface area contributed by atoms with Crippen LogP contribution in [0.15, 0.2) is 53.4 Å². The predicted octanol–water partition coefficient (Wildman–Crippen LogP) is 5.51. The van der Waals surface area contributed by atoms with E-state index in [-0.39, 0.29) is 15.6 Å². The molecule has 0 saturated carbocycles. The maximum absolute atomic E-state index is 12.8. The SMILES string of the molecule is [C-]#[N+]c1ccc(Oc2ccc(C(=O)Nc3ccc(S(N)(=O)=O)cc3Cl)c(C)c2C)c(C)c1. The highest BCUT2D eigenvalue weighted by Crippen LogP contribution is 2.33. The fraction of sp³-hybridized carbons (Fsp3) is 0.130. The molecule has 0 spiro atoms. The fourth-order valence-electron chi connectivity index (χ4n) is 3.05. The van der Waals surface area contributed by atoms with E-state index in [4.69, 9.17) is 28.0 Å². The summed E-state index contributed by atoms with van der Waals surface area (Å²) in [6, 6.07) is 12.4. The van der Waals surface area contributed by atoms with Crippen LogP contribution < -0.4 is 15.2 Å². The van der Waals surface area contributed by atoms with Gasteiger partial charge in [-0.25, -0.2) is 18.4 Å². The van der Waals surface area contributed by atoms with Gasteiger partial charge in [-0.1, -0.05) is 17.7 Å². The number of carbonyl (C=O) groups excluding carboxylic acids is 1. The highest BCUT2D eigenvalue weighted by atomic mass is 35.5. The average molecular weight is 470 g/mol. The number of anilines is 1. The molecule has 0 atom stereocenters. The molecule has 0 aliphatic carbocycles. The molecule has 3 rings (SSSR count). The first-order valence-electron chi connectivity index (χ1n) is 9.41. The Labute approximate surface area is 191 Å². The summed E-state index contributed by atoms with van der Waals surface area (Å²) in [6.07, 6.45) is 0. The number of sulfonamides is 1. The van der Waals surface area contributed by atoms with Crippen molar-refractivity contribution in [2.75, 3.05) is 5.32 Å². The Morgan fingerprint density at radius 1 is 1.03 bits per heavy atom. The molecule has 1 amide bonds. The number of rotatable bonds is 5. The van der Waals surface area contributed by atoms with Crippen LogP contribution in [0.25, 0.3) is 4.85 Å². The minimum atomic E-state index is -3.90. The number of nitrogens with zero attached hydrogens (tertiary/aromatic N) is 1. The normalized spacial score (nSPS) is 11.0. The number of amides is 1. The van der Waals surface area contributed by atoms with Gasteiger partial charge in [-0.05, 0) is 79.9 Å². The molecular weight excluding hydrogens is 450 g/mol. The van der Waals surface area contributed by atoms with Crippen LogP contribution in [0, 0.1) is 27.3 Å². The topological polar surface area (TPSA) is 103 Å². The van der Waals surface area contributed by atoms with Crippen LogP contribution >= 0.6 is 11.6 Å². The largest absolute Gasteiger partial charge is 0.457 e. The van der Waals surface area contributed by atoms with Gasteiger partial charge in [0.2, 0.25) is 10.0 Å². The van der Waals surface area contributed by atoms with Gasteiger partial charge in [0.15, 0.2) is 5.69 Å². The van der Waals surface area contributed by atoms with Crippen molar-refractivity contribution in [1.82, 2.24) is 0 Å². The van der Waals surface area contributed by atoms with E-state index in [0.717, 1.165) is 11.1 Å². The Morgan fingerprint density at radius 3 is 2.31 bits per heavy atom. The summed E-state index contributed by atoms with van der Waals surface area (Å²) in [5.41, 5.74) is 3.54. The van der Waals surface area contributed by atoms with Crippen molar-refractivity contribution >= 4 is 38.9 Å². The summed E-state index contributed by atoms with van der Waals surface area (Å²) < 4.78 is 28.9. The van der Waals surface area contributed by atoms with E-state index in [1.54, 1.807) is 37.3 Å². The lowest BCUT2D eigenvalue weighted by atomic mass is 10.0. The van der Waals surface area contributed by atoms with Gasteiger partial charge in [-0.15, -0.1) is 0 Å². The number of halogens is 1. The summed E-state index contributed by atoms with van der Waals surface area (Å²) in [5.74, 6) is 0.812. The minimum Gasteiger partial charge on any atom is -0.457 e. The van der Waals surface area contributed by atoms with Crippen LogP contribution in [0.4, 0.5) is 11.4 Å². The minimum absolute atomic E-state index is 0.0533. The summed E-state index contributed by atoms with van der Waals surface area (Å²) in [5, 5.41) is 7.84. The number of hydrogen-bond acceptors (Lipinski definition) is 4. The third-order valence-electron chi connectivity index (χ3n) is 5.01. The number of nitrogens with one attached hydrogen (secondary N) is 1. The van der Waals surface area contributed by atoms with Crippen molar-refractivity contribution < 1.29 is 17.9 Å².